The molecule has 0 aliphatic carbocycles. The van der Waals surface area contributed by atoms with Crippen LogP contribution >= 0.6 is 39.5 Å². The first-order chi connectivity index (χ1) is 6.99. The second-order valence-corrected chi connectivity index (χ2v) is 6.48. The van der Waals surface area contributed by atoms with Crippen LogP contribution < -0.4 is 0 Å². The van der Waals surface area contributed by atoms with Gasteiger partial charge in [0.25, 0.3) is 0 Å². The summed E-state index contributed by atoms with van der Waals surface area (Å²) in [5, 5.41) is 0.758. The number of alkyl halides is 2. The zero-order valence-corrected chi connectivity index (χ0v) is 13.3. The first kappa shape index (κ1) is 15.9. The van der Waals surface area contributed by atoms with Crippen molar-refractivity contribution in [2.75, 3.05) is 18.5 Å². The molecule has 0 heterocycles. The first-order valence-corrected chi connectivity index (χ1v) is 8.42. The van der Waals surface area contributed by atoms with Crippen LogP contribution in [0.4, 0.5) is 0 Å². The second-order valence-electron chi connectivity index (χ2n) is 2.87. The predicted molar refractivity (Wildman–Crippen MR) is 71.1 cm³/mol. The van der Waals surface area contributed by atoms with E-state index in [9.17, 15) is 4.57 Å². The summed E-state index contributed by atoms with van der Waals surface area (Å²) < 4.78 is 22.4. The Hall–Kier alpha value is 0.850. The van der Waals surface area contributed by atoms with E-state index in [1.54, 1.807) is 19.7 Å². The van der Waals surface area contributed by atoms with Crippen LogP contribution in [-0.2, 0) is 13.6 Å². The summed E-state index contributed by atoms with van der Waals surface area (Å²) in [4.78, 5) is 0.145. The van der Waals surface area contributed by atoms with E-state index in [2.05, 4.69) is 31.9 Å². The van der Waals surface area contributed by atoms with Crippen molar-refractivity contribution >= 4 is 39.5 Å². The van der Waals surface area contributed by atoms with Crippen LogP contribution in [0.2, 0.25) is 0 Å². The molecular formula is C9H17Br2O3P. The highest BCUT2D eigenvalue weighted by Crippen LogP contribution is 2.51. The summed E-state index contributed by atoms with van der Waals surface area (Å²) in [6, 6.07) is 0. The third kappa shape index (κ3) is 6.22. The monoisotopic (exact) mass is 362 g/mol. The standard InChI is InChI=1S/C9H17Br2O3P/c1-4-13-15(12,14-5-2)7-8(3)9(11)6-10/h7,9H,4-6H2,1-3H3/b8-7+. The molecule has 0 aromatic carbocycles. The third-order valence-corrected chi connectivity index (χ3v) is 6.13. The van der Waals surface area contributed by atoms with Crippen LogP contribution in [0, 0.1) is 0 Å². The van der Waals surface area contributed by atoms with Crippen LogP contribution in [0.25, 0.3) is 0 Å². The molecule has 0 aliphatic rings. The molecule has 0 rings (SSSR count). The number of hydrogen-bond acceptors (Lipinski definition) is 3. The van der Waals surface area contributed by atoms with E-state index >= 15 is 0 Å². The number of hydrogen-bond donors (Lipinski definition) is 0. The highest BCUT2D eigenvalue weighted by atomic mass is 79.9. The molecule has 0 N–H and O–H groups in total. The van der Waals surface area contributed by atoms with E-state index in [0.29, 0.717) is 13.2 Å². The highest BCUT2D eigenvalue weighted by Gasteiger charge is 2.21. The quantitative estimate of drug-likeness (QED) is 0.499. The fourth-order valence-electron chi connectivity index (χ4n) is 0.924. The molecule has 0 aliphatic heterocycles. The van der Waals surface area contributed by atoms with Gasteiger partial charge in [0, 0.05) is 16.0 Å². The largest absolute Gasteiger partial charge is 0.354 e. The molecule has 0 radical (unpaired) electrons. The summed E-state index contributed by atoms with van der Waals surface area (Å²) >= 11 is 6.79. The van der Waals surface area contributed by atoms with E-state index < -0.39 is 7.60 Å². The highest BCUT2D eigenvalue weighted by molar-refractivity contribution is 9.12. The molecule has 15 heavy (non-hydrogen) atoms. The maximum atomic E-state index is 12.1. The molecule has 0 saturated heterocycles. The zero-order valence-electron chi connectivity index (χ0n) is 9.20. The normalized spacial score (nSPS) is 15.4. The van der Waals surface area contributed by atoms with Gasteiger partial charge in [0.05, 0.1) is 13.2 Å². The van der Waals surface area contributed by atoms with Gasteiger partial charge in [-0.2, -0.15) is 0 Å². The third-order valence-electron chi connectivity index (χ3n) is 1.61. The van der Waals surface area contributed by atoms with Crippen molar-refractivity contribution in [3.8, 4) is 0 Å². The second kappa shape index (κ2) is 8.02. The van der Waals surface area contributed by atoms with Gasteiger partial charge in [-0.25, -0.2) is 0 Å². The minimum Gasteiger partial charge on any atom is -0.306 e. The van der Waals surface area contributed by atoms with E-state index in [4.69, 9.17) is 9.05 Å². The van der Waals surface area contributed by atoms with Gasteiger partial charge in [-0.1, -0.05) is 37.4 Å². The topological polar surface area (TPSA) is 35.5 Å². The van der Waals surface area contributed by atoms with Gasteiger partial charge in [0.15, 0.2) is 0 Å². The van der Waals surface area contributed by atoms with Crippen molar-refractivity contribution in [1.82, 2.24) is 0 Å². The number of rotatable bonds is 7. The summed E-state index contributed by atoms with van der Waals surface area (Å²) in [5.41, 5.74) is 0.942. The molecule has 0 aromatic rings. The minimum absolute atomic E-state index is 0.145. The number of halogens is 2. The molecule has 0 fully saturated rings. The molecule has 0 aromatic heterocycles. The van der Waals surface area contributed by atoms with E-state index in [0.717, 1.165) is 10.9 Å². The molecule has 0 amide bonds. The van der Waals surface area contributed by atoms with Crippen molar-refractivity contribution in [2.45, 2.75) is 25.6 Å². The van der Waals surface area contributed by atoms with E-state index in [1.807, 2.05) is 6.92 Å². The average molecular weight is 364 g/mol. The lowest BCUT2D eigenvalue weighted by Crippen LogP contribution is -2.02. The van der Waals surface area contributed by atoms with Crippen LogP contribution in [0.3, 0.4) is 0 Å². The fourth-order valence-corrected chi connectivity index (χ4v) is 3.39. The average Bonchev–Trinajstić information content (AvgIpc) is 2.16. The molecule has 6 heteroatoms. The van der Waals surface area contributed by atoms with Gasteiger partial charge in [0.1, 0.15) is 0 Å². The molecule has 0 spiro atoms. The lowest BCUT2D eigenvalue weighted by molar-refractivity contribution is 0.228. The Bertz CT molecular complexity index is 246. The van der Waals surface area contributed by atoms with Crippen LogP contribution in [0.5, 0.6) is 0 Å². The lowest BCUT2D eigenvalue weighted by atomic mass is 10.3. The Labute approximate surface area is 108 Å². The summed E-state index contributed by atoms with van der Waals surface area (Å²) in [6.07, 6.45) is 0. The van der Waals surface area contributed by atoms with Crippen LogP contribution in [-0.4, -0.2) is 23.4 Å². The van der Waals surface area contributed by atoms with Crippen LogP contribution in [0.15, 0.2) is 11.4 Å². The number of allylic oxidation sites excluding steroid dienone is 1. The maximum absolute atomic E-state index is 12.1. The molecule has 3 nitrogen and oxygen atoms in total. The first-order valence-electron chi connectivity index (χ1n) is 4.77. The zero-order chi connectivity index (χ0) is 11.9. The van der Waals surface area contributed by atoms with Crippen LogP contribution in [0.1, 0.15) is 20.8 Å². The van der Waals surface area contributed by atoms with Crippen molar-refractivity contribution in [1.29, 1.82) is 0 Å². The van der Waals surface area contributed by atoms with Crippen molar-refractivity contribution in [2.24, 2.45) is 0 Å². The van der Waals surface area contributed by atoms with Crippen molar-refractivity contribution < 1.29 is 13.6 Å². The smallest absolute Gasteiger partial charge is 0.306 e. The summed E-state index contributed by atoms with van der Waals surface area (Å²) in [6.45, 7) is 6.24. The van der Waals surface area contributed by atoms with E-state index in [-0.39, 0.29) is 4.83 Å². The Kier molecular flexibility index (Phi) is 8.47. The van der Waals surface area contributed by atoms with E-state index in [1.165, 1.54) is 0 Å². The van der Waals surface area contributed by atoms with Crippen molar-refractivity contribution in [3.05, 3.63) is 11.4 Å². The SMILES string of the molecule is CCOP(=O)(/C=C(\C)C(Br)CBr)OCC. The van der Waals surface area contributed by atoms with Gasteiger partial charge in [-0.15, -0.1) is 0 Å². The molecular weight excluding hydrogens is 347 g/mol. The lowest BCUT2D eigenvalue weighted by Gasteiger charge is -2.15. The van der Waals surface area contributed by atoms with Crippen molar-refractivity contribution in [3.63, 3.8) is 0 Å². The Morgan fingerprint density at radius 2 is 1.87 bits per heavy atom. The molecule has 0 bridgehead atoms. The summed E-state index contributed by atoms with van der Waals surface area (Å²) in [5.74, 6) is 1.58. The van der Waals surface area contributed by atoms with Gasteiger partial charge in [0.2, 0.25) is 0 Å². The predicted octanol–water partition coefficient (Wildman–Crippen LogP) is 4.31. The fraction of sp³-hybridized carbons (Fsp3) is 0.778. The summed E-state index contributed by atoms with van der Waals surface area (Å²) in [7, 11) is -3.06. The Balaban J connectivity index is 4.71. The van der Waals surface area contributed by atoms with Gasteiger partial charge >= 0.3 is 7.60 Å². The van der Waals surface area contributed by atoms with Gasteiger partial charge < -0.3 is 9.05 Å². The molecule has 1 atom stereocenters. The minimum atomic E-state index is -3.06. The van der Waals surface area contributed by atoms with Gasteiger partial charge in [-0.3, -0.25) is 4.57 Å². The van der Waals surface area contributed by atoms with Gasteiger partial charge in [-0.05, 0) is 20.8 Å². The Morgan fingerprint density at radius 3 is 2.20 bits per heavy atom. The Morgan fingerprint density at radius 1 is 1.40 bits per heavy atom. The molecule has 0 saturated carbocycles. The molecule has 1 unspecified atom stereocenters. The molecule has 90 valence electrons. The maximum Gasteiger partial charge on any atom is 0.354 e.